The van der Waals surface area contributed by atoms with Gasteiger partial charge in [-0.15, -0.1) is 5.10 Å². The molecule has 1 aromatic heterocycles. The molecule has 0 atom stereocenters. The zero-order valence-electron chi connectivity index (χ0n) is 8.08. The molecule has 0 aliphatic heterocycles. The zero-order chi connectivity index (χ0) is 10.7. The van der Waals surface area contributed by atoms with E-state index in [4.69, 9.17) is 5.26 Å². The highest BCUT2D eigenvalue weighted by Gasteiger charge is 2.01. The van der Waals surface area contributed by atoms with Gasteiger partial charge in [0.25, 0.3) is 0 Å². The standard InChI is InChI=1S/C10H8N4S/c1-14-7-10(12-13-14)15-9-4-2-8(6-11)3-5-9/h2-5,7H,1H3. The van der Waals surface area contributed by atoms with E-state index in [1.807, 2.05) is 25.4 Å². The summed E-state index contributed by atoms with van der Waals surface area (Å²) >= 11 is 1.52. The number of hydrogen-bond donors (Lipinski definition) is 0. The van der Waals surface area contributed by atoms with Crippen molar-refractivity contribution in [3.05, 3.63) is 36.0 Å². The Labute approximate surface area is 91.5 Å². The summed E-state index contributed by atoms with van der Waals surface area (Å²) in [7, 11) is 1.83. The number of hydrogen-bond acceptors (Lipinski definition) is 4. The van der Waals surface area contributed by atoms with Crippen LogP contribution in [0.2, 0.25) is 0 Å². The molecule has 0 fully saturated rings. The van der Waals surface area contributed by atoms with Crippen molar-refractivity contribution in [2.24, 2.45) is 7.05 Å². The van der Waals surface area contributed by atoms with Crippen molar-refractivity contribution >= 4 is 11.8 Å². The van der Waals surface area contributed by atoms with Crippen LogP contribution in [0, 0.1) is 11.3 Å². The molecule has 0 aliphatic rings. The van der Waals surface area contributed by atoms with Gasteiger partial charge in [0, 0.05) is 11.9 Å². The quantitative estimate of drug-likeness (QED) is 0.768. The third-order valence-corrected chi connectivity index (χ3v) is 2.69. The topological polar surface area (TPSA) is 54.5 Å². The second kappa shape index (κ2) is 4.15. The molecule has 4 nitrogen and oxygen atoms in total. The molecule has 0 spiro atoms. The number of aryl methyl sites for hydroxylation is 1. The Morgan fingerprint density at radius 1 is 1.33 bits per heavy atom. The Hall–Kier alpha value is -1.80. The van der Waals surface area contributed by atoms with E-state index in [9.17, 15) is 0 Å². The van der Waals surface area contributed by atoms with Crippen molar-refractivity contribution in [1.82, 2.24) is 15.0 Å². The van der Waals surface area contributed by atoms with Gasteiger partial charge in [0.2, 0.25) is 0 Å². The van der Waals surface area contributed by atoms with Crippen LogP contribution in [0.3, 0.4) is 0 Å². The fraction of sp³-hybridized carbons (Fsp3) is 0.100. The fourth-order valence-electron chi connectivity index (χ4n) is 1.09. The van der Waals surface area contributed by atoms with Crippen LogP contribution in [0.4, 0.5) is 0 Å². The first kappa shape index (κ1) is 9.74. The van der Waals surface area contributed by atoms with Gasteiger partial charge in [0.1, 0.15) is 5.03 Å². The molecule has 2 rings (SSSR count). The molecule has 5 heteroatoms. The van der Waals surface area contributed by atoms with Crippen LogP contribution in [0.25, 0.3) is 0 Å². The second-order valence-electron chi connectivity index (χ2n) is 2.97. The highest BCUT2D eigenvalue weighted by atomic mass is 32.2. The summed E-state index contributed by atoms with van der Waals surface area (Å²) in [6.45, 7) is 0. The molecule has 0 radical (unpaired) electrons. The van der Waals surface area contributed by atoms with Gasteiger partial charge < -0.3 is 0 Å². The molecular formula is C10H8N4S. The number of rotatable bonds is 2. The molecule has 74 valence electrons. The van der Waals surface area contributed by atoms with Gasteiger partial charge in [-0.3, -0.25) is 4.68 Å². The SMILES string of the molecule is Cn1cc(Sc2ccc(C#N)cc2)nn1. The maximum Gasteiger partial charge on any atom is 0.143 e. The lowest BCUT2D eigenvalue weighted by Crippen LogP contribution is -1.85. The molecule has 0 saturated carbocycles. The first-order valence-electron chi connectivity index (χ1n) is 4.32. The van der Waals surface area contributed by atoms with Crippen molar-refractivity contribution in [3.63, 3.8) is 0 Å². The van der Waals surface area contributed by atoms with Gasteiger partial charge in [-0.2, -0.15) is 5.26 Å². The lowest BCUT2D eigenvalue weighted by atomic mass is 10.2. The van der Waals surface area contributed by atoms with Crippen LogP contribution < -0.4 is 0 Å². The summed E-state index contributed by atoms with van der Waals surface area (Å²) in [6.07, 6.45) is 1.85. The van der Waals surface area contributed by atoms with Crippen LogP contribution in [0.5, 0.6) is 0 Å². The Morgan fingerprint density at radius 3 is 2.60 bits per heavy atom. The molecule has 0 amide bonds. The number of aromatic nitrogens is 3. The van der Waals surface area contributed by atoms with E-state index in [0.717, 1.165) is 9.92 Å². The van der Waals surface area contributed by atoms with Crippen molar-refractivity contribution < 1.29 is 0 Å². The molecule has 0 unspecified atom stereocenters. The Kier molecular flexibility index (Phi) is 2.70. The number of nitrogens with zero attached hydrogens (tertiary/aromatic N) is 4. The van der Waals surface area contributed by atoms with E-state index in [1.54, 1.807) is 16.8 Å². The van der Waals surface area contributed by atoms with Crippen molar-refractivity contribution in [2.75, 3.05) is 0 Å². The molecular weight excluding hydrogens is 208 g/mol. The normalized spacial score (nSPS) is 9.87. The highest BCUT2D eigenvalue weighted by Crippen LogP contribution is 2.25. The number of benzene rings is 1. The Balaban J connectivity index is 2.15. The van der Waals surface area contributed by atoms with E-state index in [1.165, 1.54) is 11.8 Å². The Bertz CT molecular complexity index is 495. The smallest absolute Gasteiger partial charge is 0.143 e. The summed E-state index contributed by atoms with van der Waals surface area (Å²) in [5.41, 5.74) is 0.665. The summed E-state index contributed by atoms with van der Waals surface area (Å²) in [5, 5.41) is 17.3. The van der Waals surface area contributed by atoms with Crippen LogP contribution in [-0.4, -0.2) is 15.0 Å². The molecule has 0 N–H and O–H groups in total. The average Bonchev–Trinajstić information content (AvgIpc) is 2.65. The minimum absolute atomic E-state index is 0.665. The molecule has 0 saturated heterocycles. The van der Waals surface area contributed by atoms with E-state index < -0.39 is 0 Å². The Morgan fingerprint density at radius 2 is 2.07 bits per heavy atom. The van der Waals surface area contributed by atoms with Gasteiger partial charge in [-0.25, -0.2) is 0 Å². The molecule has 15 heavy (non-hydrogen) atoms. The molecule has 1 aromatic carbocycles. The van der Waals surface area contributed by atoms with Gasteiger partial charge in [-0.05, 0) is 24.3 Å². The lowest BCUT2D eigenvalue weighted by Gasteiger charge is -1.96. The predicted octanol–water partition coefficient (Wildman–Crippen LogP) is 1.84. The van der Waals surface area contributed by atoms with Gasteiger partial charge in [0.15, 0.2) is 0 Å². The van der Waals surface area contributed by atoms with Crippen LogP contribution in [0.1, 0.15) is 5.56 Å². The van der Waals surface area contributed by atoms with Crippen molar-refractivity contribution in [1.29, 1.82) is 5.26 Å². The predicted molar refractivity (Wildman–Crippen MR) is 56.3 cm³/mol. The summed E-state index contributed by atoms with van der Waals surface area (Å²) < 4.78 is 1.66. The molecule has 1 heterocycles. The molecule has 2 aromatic rings. The minimum Gasteiger partial charge on any atom is -0.254 e. The molecule has 0 aliphatic carbocycles. The first-order chi connectivity index (χ1) is 7.28. The third kappa shape index (κ3) is 2.36. The highest BCUT2D eigenvalue weighted by molar-refractivity contribution is 7.99. The largest absolute Gasteiger partial charge is 0.254 e. The van der Waals surface area contributed by atoms with E-state index in [0.29, 0.717) is 5.56 Å². The van der Waals surface area contributed by atoms with Crippen LogP contribution in [-0.2, 0) is 7.05 Å². The van der Waals surface area contributed by atoms with Gasteiger partial charge in [-0.1, -0.05) is 17.0 Å². The van der Waals surface area contributed by atoms with E-state index >= 15 is 0 Å². The summed E-state index contributed by atoms with van der Waals surface area (Å²) in [6, 6.07) is 9.46. The summed E-state index contributed by atoms with van der Waals surface area (Å²) in [5.74, 6) is 0. The van der Waals surface area contributed by atoms with Crippen LogP contribution >= 0.6 is 11.8 Å². The monoisotopic (exact) mass is 216 g/mol. The third-order valence-electron chi connectivity index (χ3n) is 1.79. The molecule has 0 bridgehead atoms. The maximum atomic E-state index is 8.64. The first-order valence-corrected chi connectivity index (χ1v) is 5.14. The van der Waals surface area contributed by atoms with Crippen molar-refractivity contribution in [2.45, 2.75) is 9.92 Å². The summed E-state index contributed by atoms with van der Waals surface area (Å²) in [4.78, 5) is 1.05. The maximum absolute atomic E-state index is 8.64. The fourth-order valence-corrected chi connectivity index (χ4v) is 1.89. The second-order valence-corrected chi connectivity index (χ2v) is 4.06. The number of nitriles is 1. The average molecular weight is 216 g/mol. The van der Waals surface area contributed by atoms with Crippen LogP contribution in [0.15, 0.2) is 40.4 Å². The van der Waals surface area contributed by atoms with E-state index in [2.05, 4.69) is 16.4 Å². The van der Waals surface area contributed by atoms with Gasteiger partial charge >= 0.3 is 0 Å². The van der Waals surface area contributed by atoms with Gasteiger partial charge in [0.05, 0.1) is 17.8 Å². The van der Waals surface area contributed by atoms with Crippen molar-refractivity contribution in [3.8, 4) is 6.07 Å². The minimum atomic E-state index is 0.665. The van der Waals surface area contributed by atoms with E-state index in [-0.39, 0.29) is 0 Å². The lowest BCUT2D eigenvalue weighted by molar-refractivity contribution is 0.712. The zero-order valence-corrected chi connectivity index (χ0v) is 8.90.